The lowest BCUT2D eigenvalue weighted by molar-refractivity contribution is -0.274. The minimum absolute atomic E-state index is 0. The Balaban J connectivity index is 0.00000400. The highest BCUT2D eigenvalue weighted by molar-refractivity contribution is 14.0. The van der Waals surface area contributed by atoms with Crippen LogP contribution in [0, 0.1) is 0 Å². The molecule has 120 valence electrons. The van der Waals surface area contributed by atoms with E-state index in [0.717, 1.165) is 0 Å². The second kappa shape index (κ2) is 9.66. The van der Waals surface area contributed by atoms with Crippen molar-refractivity contribution in [2.45, 2.75) is 13.3 Å². The van der Waals surface area contributed by atoms with Gasteiger partial charge < -0.3 is 20.5 Å². The summed E-state index contributed by atoms with van der Waals surface area (Å²) in [5.74, 6) is -0.135. The number of nitrogens with two attached hydrogens (primary N) is 1. The first kappa shape index (κ1) is 19.8. The Morgan fingerprint density at radius 3 is 2.43 bits per heavy atom. The third-order valence-corrected chi connectivity index (χ3v) is 2.08. The van der Waals surface area contributed by atoms with Gasteiger partial charge in [-0.15, -0.1) is 37.1 Å². The maximum absolute atomic E-state index is 12.0. The maximum Gasteiger partial charge on any atom is 0.573 e. The second-order valence-electron chi connectivity index (χ2n) is 3.66. The first-order chi connectivity index (χ1) is 9.40. The molecule has 0 aliphatic rings. The number of nitrogens with zero attached hydrogens (tertiary/aromatic N) is 1. The fourth-order valence-electron chi connectivity index (χ4n) is 1.30. The molecular formula is C12H17F3IN3O2. The normalized spacial score (nSPS) is 11.7. The molecule has 0 aliphatic heterocycles. The number of rotatable bonds is 6. The number of anilines is 1. The minimum Gasteiger partial charge on any atom is -0.406 e. The van der Waals surface area contributed by atoms with Crippen LogP contribution in [0.5, 0.6) is 5.75 Å². The lowest BCUT2D eigenvalue weighted by Gasteiger charge is -2.10. The summed E-state index contributed by atoms with van der Waals surface area (Å²) in [4.78, 5) is 3.99. The average Bonchev–Trinajstić information content (AvgIpc) is 2.35. The Hall–Kier alpha value is -1.23. The average molecular weight is 419 g/mol. The molecule has 1 aromatic rings. The predicted molar refractivity (Wildman–Crippen MR) is 85.1 cm³/mol. The number of halogens is 4. The molecule has 0 amide bonds. The fraction of sp³-hybridized carbons (Fsp3) is 0.417. The molecule has 0 saturated carbocycles. The third kappa shape index (κ3) is 9.34. The number of nitrogens with one attached hydrogen (secondary N) is 1. The molecule has 9 heteroatoms. The standard InChI is InChI=1S/C12H16F3N3O2.HI/c1-2-19-8-7-17-11(16)18-9-3-5-10(6-4-9)20-12(13,14)15;/h3-6H,2,7-8H2,1H3,(H3,16,17,18);1H. The number of alkyl halides is 3. The number of aliphatic imine (C=N–C) groups is 1. The SMILES string of the molecule is CCOCCN=C(N)Nc1ccc(OC(F)(F)F)cc1.I. The molecule has 0 saturated heterocycles. The Labute approximate surface area is 137 Å². The molecule has 0 aromatic heterocycles. The zero-order chi connectivity index (χ0) is 15.0. The van der Waals surface area contributed by atoms with Gasteiger partial charge in [-0.25, -0.2) is 0 Å². The van der Waals surface area contributed by atoms with Crippen molar-refractivity contribution in [1.82, 2.24) is 0 Å². The van der Waals surface area contributed by atoms with Gasteiger partial charge in [0.15, 0.2) is 5.96 Å². The van der Waals surface area contributed by atoms with Gasteiger partial charge in [-0.1, -0.05) is 0 Å². The summed E-state index contributed by atoms with van der Waals surface area (Å²) in [5, 5.41) is 2.74. The van der Waals surface area contributed by atoms with Gasteiger partial charge in [0.05, 0.1) is 13.2 Å². The highest BCUT2D eigenvalue weighted by atomic mass is 127. The molecule has 21 heavy (non-hydrogen) atoms. The summed E-state index contributed by atoms with van der Waals surface area (Å²) in [5.41, 5.74) is 6.11. The summed E-state index contributed by atoms with van der Waals surface area (Å²) in [6.07, 6.45) is -4.70. The van der Waals surface area contributed by atoms with Gasteiger partial charge >= 0.3 is 6.36 Å². The van der Waals surface area contributed by atoms with Gasteiger partial charge in [0, 0.05) is 12.3 Å². The van der Waals surface area contributed by atoms with Gasteiger partial charge in [0.2, 0.25) is 0 Å². The van der Waals surface area contributed by atoms with E-state index in [1.54, 1.807) is 0 Å². The third-order valence-electron chi connectivity index (χ3n) is 2.08. The van der Waals surface area contributed by atoms with Gasteiger partial charge in [-0.3, -0.25) is 4.99 Å². The monoisotopic (exact) mass is 419 g/mol. The molecule has 0 heterocycles. The number of hydrogen-bond donors (Lipinski definition) is 2. The second-order valence-corrected chi connectivity index (χ2v) is 3.66. The Kier molecular flexibility index (Phi) is 9.09. The van der Waals surface area contributed by atoms with Crippen LogP contribution in [0.1, 0.15) is 6.92 Å². The van der Waals surface area contributed by atoms with Crippen molar-refractivity contribution >= 4 is 35.6 Å². The zero-order valence-electron chi connectivity index (χ0n) is 11.3. The molecule has 5 nitrogen and oxygen atoms in total. The lowest BCUT2D eigenvalue weighted by atomic mass is 10.3. The van der Waals surface area contributed by atoms with E-state index in [1.165, 1.54) is 24.3 Å². The molecular weight excluding hydrogens is 402 g/mol. The van der Waals surface area contributed by atoms with Crippen molar-refractivity contribution in [1.29, 1.82) is 0 Å². The van der Waals surface area contributed by atoms with Gasteiger partial charge in [-0.2, -0.15) is 0 Å². The van der Waals surface area contributed by atoms with Crippen molar-refractivity contribution in [2.75, 3.05) is 25.1 Å². The van der Waals surface area contributed by atoms with E-state index < -0.39 is 6.36 Å². The van der Waals surface area contributed by atoms with E-state index >= 15 is 0 Å². The predicted octanol–water partition coefficient (Wildman–Crippen LogP) is 2.97. The van der Waals surface area contributed by atoms with E-state index in [1.807, 2.05) is 6.92 Å². The van der Waals surface area contributed by atoms with Crippen LogP contribution in [0.3, 0.4) is 0 Å². The first-order valence-corrected chi connectivity index (χ1v) is 5.91. The van der Waals surface area contributed by atoms with Crippen molar-refractivity contribution in [3.63, 3.8) is 0 Å². The fourth-order valence-corrected chi connectivity index (χ4v) is 1.30. The van der Waals surface area contributed by atoms with Gasteiger partial charge in [0.25, 0.3) is 0 Å². The van der Waals surface area contributed by atoms with Crippen LogP contribution in [0.25, 0.3) is 0 Å². The smallest absolute Gasteiger partial charge is 0.406 e. The van der Waals surface area contributed by atoms with Crippen molar-refractivity contribution in [2.24, 2.45) is 10.7 Å². The summed E-state index contributed by atoms with van der Waals surface area (Å²) in [6, 6.07) is 5.19. The molecule has 0 bridgehead atoms. The molecule has 1 aromatic carbocycles. The molecule has 3 N–H and O–H groups in total. The molecule has 0 unspecified atom stereocenters. The van der Waals surface area contributed by atoms with E-state index in [9.17, 15) is 13.2 Å². The summed E-state index contributed by atoms with van der Waals surface area (Å²) in [6.45, 7) is 3.33. The van der Waals surface area contributed by atoms with E-state index in [-0.39, 0.29) is 35.7 Å². The van der Waals surface area contributed by atoms with Crippen molar-refractivity contribution in [3.05, 3.63) is 24.3 Å². The Morgan fingerprint density at radius 1 is 1.29 bits per heavy atom. The lowest BCUT2D eigenvalue weighted by Crippen LogP contribution is -2.23. The van der Waals surface area contributed by atoms with Crippen LogP contribution >= 0.6 is 24.0 Å². The molecule has 0 atom stereocenters. The summed E-state index contributed by atoms with van der Waals surface area (Å²) >= 11 is 0. The van der Waals surface area contributed by atoms with Crippen molar-refractivity contribution in [3.8, 4) is 5.75 Å². The molecule has 0 radical (unpaired) electrons. The number of ether oxygens (including phenoxy) is 2. The van der Waals surface area contributed by atoms with Gasteiger partial charge in [-0.05, 0) is 31.2 Å². The highest BCUT2D eigenvalue weighted by Crippen LogP contribution is 2.23. The molecule has 0 fully saturated rings. The largest absolute Gasteiger partial charge is 0.573 e. The molecule has 1 rings (SSSR count). The van der Waals surface area contributed by atoms with Crippen LogP contribution in [0.15, 0.2) is 29.3 Å². The highest BCUT2D eigenvalue weighted by Gasteiger charge is 2.30. The summed E-state index contributed by atoms with van der Waals surface area (Å²) < 4.78 is 44.7. The van der Waals surface area contributed by atoms with E-state index in [2.05, 4.69) is 15.0 Å². The zero-order valence-corrected chi connectivity index (χ0v) is 13.6. The first-order valence-electron chi connectivity index (χ1n) is 5.91. The number of guanidine groups is 1. The Bertz CT molecular complexity index is 438. The topological polar surface area (TPSA) is 68.9 Å². The minimum atomic E-state index is -4.70. The number of benzene rings is 1. The van der Waals surface area contributed by atoms with Crippen LogP contribution in [0.2, 0.25) is 0 Å². The quantitative estimate of drug-likeness (QED) is 0.322. The van der Waals surface area contributed by atoms with Crippen LogP contribution < -0.4 is 15.8 Å². The molecule has 0 spiro atoms. The molecule has 0 aliphatic carbocycles. The maximum atomic E-state index is 12.0. The Morgan fingerprint density at radius 2 is 1.90 bits per heavy atom. The van der Waals surface area contributed by atoms with Crippen LogP contribution in [-0.2, 0) is 4.74 Å². The van der Waals surface area contributed by atoms with Crippen LogP contribution in [-0.4, -0.2) is 32.1 Å². The van der Waals surface area contributed by atoms with Crippen molar-refractivity contribution < 1.29 is 22.6 Å². The van der Waals surface area contributed by atoms with Crippen LogP contribution in [0.4, 0.5) is 18.9 Å². The van der Waals surface area contributed by atoms with E-state index in [4.69, 9.17) is 10.5 Å². The van der Waals surface area contributed by atoms with Gasteiger partial charge in [0.1, 0.15) is 5.75 Å². The number of hydrogen-bond acceptors (Lipinski definition) is 3. The summed E-state index contributed by atoms with van der Waals surface area (Å²) in [7, 11) is 0. The van der Waals surface area contributed by atoms with E-state index in [0.29, 0.717) is 25.4 Å².